The van der Waals surface area contributed by atoms with Crippen LogP contribution in [0.2, 0.25) is 0 Å². The molecule has 0 aromatic heterocycles. The Morgan fingerprint density at radius 2 is 1.57 bits per heavy atom. The van der Waals surface area contributed by atoms with E-state index in [2.05, 4.69) is 36.5 Å². The number of rotatable bonds is 10. The normalized spacial score (nSPS) is 11.7. The number of carbonyl (C=O) groups is 2. The zero-order valence-electron chi connectivity index (χ0n) is 17.3. The van der Waals surface area contributed by atoms with E-state index in [1.807, 2.05) is 44.2 Å². The summed E-state index contributed by atoms with van der Waals surface area (Å²) in [6.07, 6.45) is 2.95. The van der Waals surface area contributed by atoms with Gasteiger partial charge in [-0.2, -0.15) is 0 Å². The van der Waals surface area contributed by atoms with E-state index in [9.17, 15) is 9.59 Å². The van der Waals surface area contributed by atoms with E-state index in [1.165, 1.54) is 5.56 Å². The average Bonchev–Trinajstić information content (AvgIpc) is 2.74. The van der Waals surface area contributed by atoms with Gasteiger partial charge >= 0.3 is 0 Å². The minimum Gasteiger partial charge on any atom is -0.354 e. The molecule has 0 unspecified atom stereocenters. The predicted octanol–water partition coefficient (Wildman–Crippen LogP) is 4.13. The van der Waals surface area contributed by atoms with Gasteiger partial charge in [0.05, 0.1) is 0 Å². The second-order valence-electron chi connectivity index (χ2n) is 7.14. The number of hydrogen-bond donors (Lipinski definition) is 1. The van der Waals surface area contributed by atoms with E-state index in [1.54, 1.807) is 4.90 Å². The summed E-state index contributed by atoms with van der Waals surface area (Å²) >= 11 is 0. The van der Waals surface area contributed by atoms with Crippen LogP contribution in [0.4, 0.5) is 0 Å². The van der Waals surface area contributed by atoms with Gasteiger partial charge in [0.25, 0.3) is 0 Å². The first-order valence-electron chi connectivity index (χ1n) is 10.2. The van der Waals surface area contributed by atoms with E-state index in [0.717, 1.165) is 24.0 Å². The number of nitrogens with zero attached hydrogens (tertiary/aromatic N) is 1. The molecule has 0 fully saturated rings. The highest BCUT2D eigenvalue weighted by Gasteiger charge is 2.25. The van der Waals surface area contributed by atoms with Gasteiger partial charge in [0.15, 0.2) is 0 Å². The Morgan fingerprint density at radius 3 is 2.18 bits per heavy atom. The molecule has 28 heavy (non-hydrogen) atoms. The molecule has 0 aliphatic heterocycles. The van der Waals surface area contributed by atoms with Gasteiger partial charge in [0, 0.05) is 19.5 Å². The molecule has 0 radical (unpaired) electrons. The standard InChI is InChI=1S/C24H32N2O2/c1-4-17-25-24(28)19(3)26(18-22-9-7-6-8-10-22)23(27)16-15-21-13-11-20(5-2)12-14-21/h6-14,19H,4-5,15-18H2,1-3H3,(H,25,28)/t19-/m1/s1. The molecule has 0 saturated heterocycles. The monoisotopic (exact) mass is 380 g/mol. The molecule has 2 rings (SSSR count). The van der Waals surface area contributed by atoms with Gasteiger partial charge in [0.1, 0.15) is 6.04 Å². The molecule has 4 heteroatoms. The van der Waals surface area contributed by atoms with Crippen molar-refractivity contribution in [3.63, 3.8) is 0 Å². The smallest absolute Gasteiger partial charge is 0.242 e. The summed E-state index contributed by atoms with van der Waals surface area (Å²) in [5.41, 5.74) is 3.47. The molecular weight excluding hydrogens is 348 g/mol. The second kappa shape index (κ2) is 11.3. The van der Waals surface area contributed by atoms with Crippen molar-refractivity contribution >= 4 is 11.8 Å². The third-order valence-electron chi connectivity index (χ3n) is 4.97. The molecule has 2 aromatic rings. The molecule has 2 amide bonds. The lowest BCUT2D eigenvalue weighted by atomic mass is 10.0. The number of benzene rings is 2. The van der Waals surface area contributed by atoms with Crippen LogP contribution in [0.1, 0.15) is 50.3 Å². The predicted molar refractivity (Wildman–Crippen MR) is 114 cm³/mol. The molecule has 4 nitrogen and oxygen atoms in total. The van der Waals surface area contributed by atoms with Gasteiger partial charge in [0.2, 0.25) is 11.8 Å². The van der Waals surface area contributed by atoms with Crippen LogP contribution in [-0.2, 0) is 29.0 Å². The summed E-state index contributed by atoms with van der Waals surface area (Å²) in [4.78, 5) is 27.2. The molecule has 0 spiro atoms. The van der Waals surface area contributed by atoms with E-state index in [-0.39, 0.29) is 11.8 Å². The molecule has 1 atom stereocenters. The fraction of sp³-hybridized carbons (Fsp3) is 0.417. The third kappa shape index (κ3) is 6.52. The van der Waals surface area contributed by atoms with Gasteiger partial charge in [-0.25, -0.2) is 0 Å². The van der Waals surface area contributed by atoms with Crippen LogP contribution in [0.3, 0.4) is 0 Å². The van der Waals surface area contributed by atoms with Crippen molar-refractivity contribution in [3.05, 3.63) is 71.3 Å². The van der Waals surface area contributed by atoms with Crippen molar-refractivity contribution < 1.29 is 9.59 Å². The quantitative estimate of drug-likeness (QED) is 0.674. The van der Waals surface area contributed by atoms with Crippen molar-refractivity contribution in [3.8, 4) is 0 Å². The van der Waals surface area contributed by atoms with Crippen molar-refractivity contribution in [2.24, 2.45) is 0 Å². The molecule has 0 saturated carbocycles. The maximum Gasteiger partial charge on any atom is 0.242 e. The second-order valence-corrected chi connectivity index (χ2v) is 7.14. The minimum atomic E-state index is -0.498. The summed E-state index contributed by atoms with van der Waals surface area (Å²) < 4.78 is 0. The molecule has 0 aliphatic carbocycles. The summed E-state index contributed by atoms with van der Waals surface area (Å²) in [7, 11) is 0. The van der Waals surface area contributed by atoms with Gasteiger partial charge in [-0.05, 0) is 42.9 Å². The van der Waals surface area contributed by atoms with Crippen LogP contribution in [0.25, 0.3) is 0 Å². The molecule has 0 bridgehead atoms. The van der Waals surface area contributed by atoms with Crippen molar-refractivity contribution in [1.29, 1.82) is 0 Å². The van der Waals surface area contributed by atoms with Crippen LogP contribution in [0, 0.1) is 0 Å². The van der Waals surface area contributed by atoms with Crippen LogP contribution in [0.5, 0.6) is 0 Å². The van der Waals surface area contributed by atoms with Gasteiger partial charge in [-0.1, -0.05) is 68.4 Å². The molecule has 0 heterocycles. The fourth-order valence-corrected chi connectivity index (χ4v) is 3.10. The molecule has 150 valence electrons. The Labute approximate surface area is 169 Å². The SMILES string of the molecule is CCCNC(=O)[C@@H](C)N(Cc1ccccc1)C(=O)CCc1ccc(CC)cc1. The van der Waals surface area contributed by atoms with Gasteiger partial charge in [-0.3, -0.25) is 9.59 Å². The summed E-state index contributed by atoms with van der Waals surface area (Å²) in [6, 6.07) is 17.7. The van der Waals surface area contributed by atoms with Gasteiger partial charge in [-0.15, -0.1) is 0 Å². The fourth-order valence-electron chi connectivity index (χ4n) is 3.10. The van der Waals surface area contributed by atoms with E-state index in [0.29, 0.717) is 25.9 Å². The first-order valence-corrected chi connectivity index (χ1v) is 10.2. The molecule has 1 N–H and O–H groups in total. The Balaban J connectivity index is 2.07. The van der Waals surface area contributed by atoms with Crippen LogP contribution >= 0.6 is 0 Å². The topological polar surface area (TPSA) is 49.4 Å². The zero-order chi connectivity index (χ0) is 20.4. The maximum atomic E-state index is 13.0. The minimum absolute atomic E-state index is 0.00238. The van der Waals surface area contributed by atoms with E-state index >= 15 is 0 Å². The number of carbonyl (C=O) groups excluding carboxylic acids is 2. The van der Waals surface area contributed by atoms with Crippen LogP contribution in [0.15, 0.2) is 54.6 Å². The number of aryl methyl sites for hydroxylation is 2. The first-order chi connectivity index (χ1) is 13.5. The number of hydrogen-bond acceptors (Lipinski definition) is 2. The van der Waals surface area contributed by atoms with Gasteiger partial charge < -0.3 is 10.2 Å². The summed E-state index contributed by atoms with van der Waals surface area (Å²) in [6.45, 7) is 7.02. The van der Waals surface area contributed by atoms with Crippen molar-refractivity contribution in [1.82, 2.24) is 10.2 Å². The van der Waals surface area contributed by atoms with Crippen molar-refractivity contribution in [2.45, 2.75) is 59.0 Å². The average molecular weight is 381 g/mol. The lowest BCUT2D eigenvalue weighted by Crippen LogP contribution is -2.47. The highest BCUT2D eigenvalue weighted by atomic mass is 16.2. The zero-order valence-corrected chi connectivity index (χ0v) is 17.3. The Hall–Kier alpha value is -2.62. The Bertz CT molecular complexity index is 741. The largest absolute Gasteiger partial charge is 0.354 e. The Morgan fingerprint density at radius 1 is 0.929 bits per heavy atom. The highest BCUT2D eigenvalue weighted by molar-refractivity contribution is 5.87. The number of nitrogens with one attached hydrogen (secondary N) is 1. The lowest BCUT2D eigenvalue weighted by molar-refractivity contribution is -0.140. The first kappa shape index (κ1) is 21.7. The third-order valence-corrected chi connectivity index (χ3v) is 4.97. The number of amides is 2. The maximum absolute atomic E-state index is 13.0. The highest BCUT2D eigenvalue weighted by Crippen LogP contribution is 2.13. The molecule has 2 aromatic carbocycles. The van der Waals surface area contributed by atoms with E-state index in [4.69, 9.17) is 0 Å². The molecular formula is C24H32N2O2. The van der Waals surface area contributed by atoms with Crippen LogP contribution < -0.4 is 5.32 Å². The van der Waals surface area contributed by atoms with E-state index < -0.39 is 6.04 Å². The Kier molecular flexibility index (Phi) is 8.73. The summed E-state index contributed by atoms with van der Waals surface area (Å²) in [5, 5.41) is 2.91. The lowest BCUT2D eigenvalue weighted by Gasteiger charge is -2.29. The molecule has 0 aliphatic rings. The summed E-state index contributed by atoms with van der Waals surface area (Å²) in [5.74, 6) is -0.0963. The van der Waals surface area contributed by atoms with Crippen LogP contribution in [-0.4, -0.2) is 29.3 Å². The van der Waals surface area contributed by atoms with Crippen molar-refractivity contribution in [2.75, 3.05) is 6.54 Å².